The van der Waals surface area contributed by atoms with Crippen LogP contribution >= 0.6 is 23.4 Å². The minimum Gasteiger partial charge on any atom is -0.497 e. The molecule has 1 amide bonds. The van der Waals surface area contributed by atoms with Crippen LogP contribution in [-0.4, -0.2) is 33.8 Å². The molecule has 3 rings (SSSR count). The van der Waals surface area contributed by atoms with Gasteiger partial charge in [-0.3, -0.25) is 4.79 Å². The van der Waals surface area contributed by atoms with Crippen LogP contribution in [0.25, 0.3) is 0 Å². The molecule has 0 heterocycles. The first-order valence-corrected chi connectivity index (χ1v) is 12.8. The molecule has 0 aliphatic rings. The molecule has 0 atom stereocenters. The second-order valence-corrected chi connectivity index (χ2v) is 9.14. The molecule has 0 aliphatic heterocycles. The second-order valence-electron chi connectivity index (χ2n) is 7.75. The molecule has 3 aromatic carbocycles. The zero-order valence-electron chi connectivity index (χ0n) is 20.8. The number of benzene rings is 3. The van der Waals surface area contributed by atoms with Crippen LogP contribution in [-0.2, 0) is 17.0 Å². The Kier molecular flexibility index (Phi) is 10.6. The summed E-state index contributed by atoms with van der Waals surface area (Å²) in [6.07, 6.45) is 0.552. The lowest BCUT2D eigenvalue weighted by atomic mass is 10.1. The van der Waals surface area contributed by atoms with E-state index in [2.05, 4.69) is 16.7 Å². The number of ether oxygens (including phenoxy) is 3. The van der Waals surface area contributed by atoms with Gasteiger partial charge >= 0.3 is 0 Å². The summed E-state index contributed by atoms with van der Waals surface area (Å²) in [7, 11) is 4.73. The van der Waals surface area contributed by atoms with Gasteiger partial charge in [-0.1, -0.05) is 41.9 Å². The second kappa shape index (κ2) is 14.1. The van der Waals surface area contributed by atoms with Gasteiger partial charge in [-0.05, 0) is 47.9 Å². The molecule has 0 aliphatic carbocycles. The van der Waals surface area contributed by atoms with Crippen molar-refractivity contribution < 1.29 is 19.0 Å². The number of amides is 1. The van der Waals surface area contributed by atoms with Crippen molar-refractivity contribution in [1.29, 1.82) is 5.26 Å². The molecule has 7 nitrogen and oxygen atoms in total. The van der Waals surface area contributed by atoms with Gasteiger partial charge in [-0.15, -0.1) is 11.8 Å². The van der Waals surface area contributed by atoms with E-state index in [1.165, 1.54) is 11.8 Å². The Morgan fingerprint density at radius 2 is 1.76 bits per heavy atom. The molecule has 0 bridgehead atoms. The fraction of sp³-hybridized carbons (Fsp3) is 0.214. The smallest absolute Gasteiger partial charge is 0.264 e. The van der Waals surface area contributed by atoms with E-state index in [0.717, 1.165) is 11.1 Å². The van der Waals surface area contributed by atoms with E-state index in [4.69, 9.17) is 25.8 Å². The number of rotatable bonds is 12. The van der Waals surface area contributed by atoms with E-state index >= 15 is 0 Å². The lowest BCUT2D eigenvalue weighted by Crippen LogP contribution is -2.28. The SMILES string of the molecule is COc1cccc(N/C(SCc2ccccc2Cl)=C(/C#N)C(=O)NCCc2ccc(OC)c(OC)c2)c1. The fourth-order valence-electron chi connectivity index (χ4n) is 3.42. The maximum atomic E-state index is 13.1. The summed E-state index contributed by atoms with van der Waals surface area (Å²) in [6.45, 7) is 0.334. The largest absolute Gasteiger partial charge is 0.497 e. The van der Waals surface area contributed by atoms with Crippen molar-refractivity contribution in [3.05, 3.63) is 93.5 Å². The number of nitriles is 1. The van der Waals surface area contributed by atoms with Gasteiger partial charge in [0.25, 0.3) is 5.91 Å². The van der Waals surface area contributed by atoms with Crippen LogP contribution < -0.4 is 24.8 Å². The Balaban J connectivity index is 1.79. The third-order valence-electron chi connectivity index (χ3n) is 5.37. The van der Waals surface area contributed by atoms with Gasteiger partial charge in [0.2, 0.25) is 0 Å². The van der Waals surface area contributed by atoms with Crippen LogP contribution in [0.15, 0.2) is 77.3 Å². The third kappa shape index (κ3) is 7.84. The highest BCUT2D eigenvalue weighted by atomic mass is 35.5. The summed E-state index contributed by atoms with van der Waals surface area (Å²) in [5.74, 6) is 1.90. The number of methoxy groups -OCH3 is 3. The van der Waals surface area contributed by atoms with Gasteiger partial charge in [0.1, 0.15) is 17.4 Å². The number of carbonyl (C=O) groups is 1. The molecule has 0 saturated heterocycles. The predicted octanol–water partition coefficient (Wildman–Crippen LogP) is 5.81. The molecule has 0 aromatic heterocycles. The molecule has 9 heteroatoms. The van der Waals surface area contributed by atoms with E-state index in [1.807, 2.05) is 60.7 Å². The van der Waals surface area contributed by atoms with Crippen molar-refractivity contribution >= 4 is 35.0 Å². The Morgan fingerprint density at radius 1 is 0.973 bits per heavy atom. The van der Waals surface area contributed by atoms with Gasteiger partial charge in [0.15, 0.2) is 11.5 Å². The van der Waals surface area contributed by atoms with E-state index in [-0.39, 0.29) is 5.57 Å². The van der Waals surface area contributed by atoms with Crippen LogP contribution in [0.4, 0.5) is 5.69 Å². The summed E-state index contributed by atoms with van der Waals surface area (Å²) in [5, 5.41) is 17.0. The Hall–Kier alpha value is -3.80. The first-order chi connectivity index (χ1) is 18.0. The highest BCUT2D eigenvalue weighted by Crippen LogP contribution is 2.30. The molecule has 37 heavy (non-hydrogen) atoms. The average molecular weight is 538 g/mol. The maximum Gasteiger partial charge on any atom is 0.264 e. The molecule has 0 radical (unpaired) electrons. The van der Waals surface area contributed by atoms with Gasteiger partial charge < -0.3 is 24.8 Å². The molecule has 0 spiro atoms. The molecule has 0 fully saturated rings. The van der Waals surface area contributed by atoms with Crippen LogP contribution in [0, 0.1) is 11.3 Å². The highest BCUT2D eigenvalue weighted by Gasteiger charge is 2.17. The normalized spacial score (nSPS) is 11.1. The zero-order valence-corrected chi connectivity index (χ0v) is 22.4. The number of nitrogens with zero attached hydrogens (tertiary/aromatic N) is 1. The monoisotopic (exact) mass is 537 g/mol. The first-order valence-electron chi connectivity index (χ1n) is 11.4. The van der Waals surface area contributed by atoms with Crippen molar-refractivity contribution in [2.45, 2.75) is 12.2 Å². The molecular weight excluding hydrogens is 510 g/mol. The lowest BCUT2D eigenvalue weighted by Gasteiger charge is -2.15. The predicted molar refractivity (Wildman–Crippen MR) is 148 cm³/mol. The molecule has 0 saturated carbocycles. The van der Waals surface area contributed by atoms with Crippen molar-refractivity contribution in [2.24, 2.45) is 0 Å². The number of halogens is 1. The summed E-state index contributed by atoms with van der Waals surface area (Å²) in [4.78, 5) is 13.1. The minimum absolute atomic E-state index is 0.0211. The number of anilines is 1. The van der Waals surface area contributed by atoms with E-state index in [0.29, 0.717) is 51.7 Å². The third-order valence-corrected chi connectivity index (χ3v) is 6.79. The number of nitrogens with one attached hydrogen (secondary N) is 2. The maximum absolute atomic E-state index is 13.1. The number of hydrogen-bond acceptors (Lipinski definition) is 7. The van der Waals surface area contributed by atoms with Gasteiger partial charge in [-0.2, -0.15) is 5.26 Å². The van der Waals surface area contributed by atoms with Gasteiger partial charge in [0, 0.05) is 29.1 Å². The van der Waals surface area contributed by atoms with Gasteiger partial charge in [-0.25, -0.2) is 0 Å². The van der Waals surface area contributed by atoms with Crippen molar-refractivity contribution in [3.63, 3.8) is 0 Å². The van der Waals surface area contributed by atoms with E-state index in [9.17, 15) is 10.1 Å². The number of hydrogen-bond donors (Lipinski definition) is 2. The number of thioether (sulfide) groups is 1. The molecule has 0 unspecified atom stereocenters. The van der Waals surface area contributed by atoms with Gasteiger partial charge in [0.05, 0.1) is 26.4 Å². The molecule has 2 N–H and O–H groups in total. The Morgan fingerprint density at radius 3 is 2.46 bits per heavy atom. The summed E-state index contributed by atoms with van der Waals surface area (Å²) in [5.41, 5.74) is 2.52. The van der Waals surface area contributed by atoms with E-state index < -0.39 is 5.91 Å². The van der Waals surface area contributed by atoms with Crippen LogP contribution in [0.2, 0.25) is 5.02 Å². The lowest BCUT2D eigenvalue weighted by molar-refractivity contribution is -0.117. The zero-order chi connectivity index (χ0) is 26.6. The molecule has 192 valence electrons. The van der Waals surface area contributed by atoms with Crippen molar-refractivity contribution in [2.75, 3.05) is 33.2 Å². The Labute approximate surface area is 226 Å². The Bertz CT molecular complexity index is 1310. The number of carbonyl (C=O) groups excluding carboxylic acids is 1. The fourth-order valence-corrected chi connectivity index (χ4v) is 4.72. The van der Waals surface area contributed by atoms with Crippen LogP contribution in [0.3, 0.4) is 0 Å². The van der Waals surface area contributed by atoms with Crippen LogP contribution in [0.5, 0.6) is 17.2 Å². The molecular formula is C28H28ClN3O4S. The summed E-state index contributed by atoms with van der Waals surface area (Å²) in [6, 6.07) is 22.4. The topological polar surface area (TPSA) is 92.6 Å². The summed E-state index contributed by atoms with van der Waals surface area (Å²) >= 11 is 7.65. The van der Waals surface area contributed by atoms with Crippen molar-refractivity contribution in [3.8, 4) is 23.3 Å². The minimum atomic E-state index is -0.472. The summed E-state index contributed by atoms with van der Waals surface area (Å²) < 4.78 is 15.9. The highest BCUT2D eigenvalue weighted by molar-refractivity contribution is 8.02. The molecule has 3 aromatic rings. The van der Waals surface area contributed by atoms with Crippen LogP contribution in [0.1, 0.15) is 11.1 Å². The first kappa shape index (κ1) is 27.8. The average Bonchev–Trinajstić information content (AvgIpc) is 2.92. The quantitative estimate of drug-likeness (QED) is 0.222. The standard InChI is InChI=1S/C28H28ClN3O4S/c1-34-22-9-6-8-21(16-22)32-28(37-18-20-7-4-5-10-24(20)29)23(17-30)27(33)31-14-13-19-11-12-25(35-2)26(15-19)36-3/h4-12,15-16,32H,13-14,18H2,1-3H3,(H,31,33)/b28-23+. The van der Waals surface area contributed by atoms with Crippen molar-refractivity contribution in [1.82, 2.24) is 5.32 Å². The van der Waals surface area contributed by atoms with E-state index in [1.54, 1.807) is 27.4 Å².